The van der Waals surface area contributed by atoms with Crippen LogP contribution in [-0.4, -0.2) is 48.9 Å². The summed E-state index contributed by atoms with van der Waals surface area (Å²) in [5.41, 5.74) is 8.75. The Balaban J connectivity index is 1.42. The van der Waals surface area contributed by atoms with E-state index in [2.05, 4.69) is 37.6 Å². The van der Waals surface area contributed by atoms with Gasteiger partial charge in [-0.25, -0.2) is 9.97 Å². The Kier molecular flexibility index (Phi) is 6.65. The SMILES string of the molecule is Cc1nc(NC(C)c2cc(N)cc(C(F)(F)F)c2)c2cc3c(cc2n1)CCN3CC[C@@H]1CNCCO1. The van der Waals surface area contributed by atoms with Crippen molar-refractivity contribution in [1.82, 2.24) is 15.3 Å². The lowest BCUT2D eigenvalue weighted by atomic mass is 10.0. The average Bonchev–Trinajstić information content (AvgIpc) is 3.23. The highest BCUT2D eigenvalue weighted by Crippen LogP contribution is 2.37. The number of nitrogens with one attached hydrogen (secondary N) is 2. The molecule has 0 bridgehead atoms. The predicted molar refractivity (Wildman–Crippen MR) is 135 cm³/mol. The fourth-order valence-electron chi connectivity index (χ4n) is 5.02. The number of fused-ring (bicyclic) bond motifs is 2. The van der Waals surface area contributed by atoms with E-state index in [1.165, 1.54) is 5.56 Å². The molecule has 192 valence electrons. The van der Waals surface area contributed by atoms with Crippen LogP contribution in [0.5, 0.6) is 0 Å². The summed E-state index contributed by atoms with van der Waals surface area (Å²) in [7, 11) is 0. The summed E-state index contributed by atoms with van der Waals surface area (Å²) in [5.74, 6) is 1.19. The van der Waals surface area contributed by atoms with Crippen LogP contribution in [0.3, 0.4) is 0 Å². The summed E-state index contributed by atoms with van der Waals surface area (Å²) in [6, 6.07) is 7.40. The van der Waals surface area contributed by atoms with Crippen molar-refractivity contribution in [2.75, 3.05) is 48.7 Å². The fourth-order valence-corrected chi connectivity index (χ4v) is 5.02. The highest BCUT2D eigenvalue weighted by Gasteiger charge is 2.31. The molecule has 3 heterocycles. The van der Waals surface area contributed by atoms with E-state index >= 15 is 0 Å². The zero-order chi connectivity index (χ0) is 25.4. The molecule has 10 heteroatoms. The van der Waals surface area contributed by atoms with Crippen LogP contribution in [-0.2, 0) is 17.3 Å². The van der Waals surface area contributed by atoms with Crippen LogP contribution in [0.25, 0.3) is 10.9 Å². The molecule has 5 rings (SSSR count). The van der Waals surface area contributed by atoms with E-state index in [4.69, 9.17) is 10.5 Å². The molecule has 1 aromatic heterocycles. The first-order chi connectivity index (χ1) is 17.2. The summed E-state index contributed by atoms with van der Waals surface area (Å²) >= 11 is 0. The molecule has 2 aromatic carbocycles. The standard InChI is InChI=1S/C26H31F3N6O/c1-15(18-9-19(26(27,28)29)12-20(30)10-18)32-25-22-13-24-17(11-23(22)33-16(2)34-25)3-6-35(24)7-4-21-14-31-5-8-36-21/h9-13,15,21,31H,3-8,14,30H2,1-2H3,(H,32,33,34)/t15?,21-/m1/s1. The Morgan fingerprint density at radius 2 is 2.06 bits per heavy atom. The second kappa shape index (κ2) is 9.74. The number of benzene rings is 2. The number of nitrogens with zero attached hydrogens (tertiary/aromatic N) is 3. The first-order valence-corrected chi connectivity index (χ1v) is 12.3. The van der Waals surface area contributed by atoms with E-state index in [0.29, 0.717) is 17.2 Å². The number of ether oxygens (including phenoxy) is 1. The molecule has 36 heavy (non-hydrogen) atoms. The van der Waals surface area contributed by atoms with Gasteiger partial charge in [0.1, 0.15) is 11.6 Å². The summed E-state index contributed by atoms with van der Waals surface area (Å²) in [6.07, 6.45) is -2.37. The average molecular weight is 501 g/mol. The van der Waals surface area contributed by atoms with Gasteiger partial charge in [0.25, 0.3) is 0 Å². The number of nitrogen functional groups attached to an aromatic ring is 1. The molecular weight excluding hydrogens is 469 g/mol. The summed E-state index contributed by atoms with van der Waals surface area (Å²) < 4.78 is 45.9. The van der Waals surface area contributed by atoms with Crippen LogP contribution in [0.1, 0.15) is 41.9 Å². The number of anilines is 3. The Labute approximate surface area is 208 Å². The minimum atomic E-state index is -4.47. The zero-order valence-electron chi connectivity index (χ0n) is 20.5. The molecule has 1 fully saturated rings. The lowest BCUT2D eigenvalue weighted by Gasteiger charge is -2.27. The van der Waals surface area contributed by atoms with Crippen molar-refractivity contribution in [3.63, 3.8) is 0 Å². The van der Waals surface area contributed by atoms with Crippen molar-refractivity contribution in [3.05, 3.63) is 52.8 Å². The minimum absolute atomic E-state index is 0.0720. The lowest BCUT2D eigenvalue weighted by Crippen LogP contribution is -2.40. The monoisotopic (exact) mass is 500 g/mol. The third-order valence-electron chi connectivity index (χ3n) is 6.88. The van der Waals surface area contributed by atoms with Crippen LogP contribution in [0.2, 0.25) is 0 Å². The van der Waals surface area contributed by atoms with Gasteiger partial charge in [0.05, 0.1) is 29.8 Å². The number of morpholine rings is 1. The van der Waals surface area contributed by atoms with Crippen LogP contribution < -0.4 is 21.3 Å². The zero-order valence-corrected chi connectivity index (χ0v) is 20.5. The Morgan fingerprint density at radius 1 is 1.22 bits per heavy atom. The van der Waals surface area contributed by atoms with Crippen LogP contribution >= 0.6 is 0 Å². The minimum Gasteiger partial charge on any atom is -0.399 e. The molecule has 2 aliphatic heterocycles. The number of halogens is 3. The van der Waals surface area contributed by atoms with Crippen molar-refractivity contribution in [3.8, 4) is 0 Å². The van der Waals surface area contributed by atoms with Crippen LogP contribution in [0.15, 0.2) is 30.3 Å². The van der Waals surface area contributed by atoms with Gasteiger partial charge in [-0.2, -0.15) is 13.2 Å². The third kappa shape index (κ3) is 5.19. The molecule has 7 nitrogen and oxygen atoms in total. The predicted octanol–water partition coefficient (Wildman–Crippen LogP) is 4.45. The van der Waals surface area contributed by atoms with E-state index < -0.39 is 17.8 Å². The summed E-state index contributed by atoms with van der Waals surface area (Å²) in [4.78, 5) is 11.6. The molecule has 3 aromatic rings. The van der Waals surface area contributed by atoms with Gasteiger partial charge in [-0.15, -0.1) is 0 Å². The fraction of sp³-hybridized carbons (Fsp3) is 0.462. The van der Waals surface area contributed by atoms with Gasteiger partial charge in [0.2, 0.25) is 0 Å². The van der Waals surface area contributed by atoms with E-state index in [1.807, 2.05) is 6.92 Å². The molecule has 0 spiro atoms. The first-order valence-electron chi connectivity index (χ1n) is 12.3. The normalized spacial score (nSPS) is 18.9. The van der Waals surface area contributed by atoms with E-state index in [-0.39, 0.29) is 11.8 Å². The van der Waals surface area contributed by atoms with Crippen molar-refractivity contribution in [1.29, 1.82) is 0 Å². The van der Waals surface area contributed by atoms with Gasteiger partial charge >= 0.3 is 6.18 Å². The quantitative estimate of drug-likeness (QED) is 0.431. The molecule has 1 unspecified atom stereocenters. The first kappa shape index (κ1) is 24.6. The second-order valence-electron chi connectivity index (χ2n) is 9.59. The number of alkyl halides is 3. The third-order valence-corrected chi connectivity index (χ3v) is 6.88. The van der Waals surface area contributed by atoms with Gasteiger partial charge in [-0.05, 0) is 68.1 Å². The van der Waals surface area contributed by atoms with Gasteiger partial charge in [0.15, 0.2) is 0 Å². The molecule has 1 saturated heterocycles. The van der Waals surface area contributed by atoms with Crippen LogP contribution in [0.4, 0.5) is 30.4 Å². The van der Waals surface area contributed by atoms with Crippen LogP contribution in [0, 0.1) is 6.92 Å². The van der Waals surface area contributed by atoms with E-state index in [9.17, 15) is 13.2 Å². The summed E-state index contributed by atoms with van der Waals surface area (Å²) in [6.45, 7) is 7.95. The van der Waals surface area contributed by atoms with Crippen molar-refractivity contribution < 1.29 is 17.9 Å². The lowest BCUT2D eigenvalue weighted by molar-refractivity contribution is -0.137. The number of nitrogens with two attached hydrogens (primary N) is 1. The van der Waals surface area contributed by atoms with Gasteiger partial charge in [0, 0.05) is 42.9 Å². The second-order valence-corrected chi connectivity index (χ2v) is 9.59. The highest BCUT2D eigenvalue weighted by molar-refractivity contribution is 5.93. The van der Waals surface area contributed by atoms with Gasteiger partial charge in [-0.3, -0.25) is 0 Å². The molecule has 0 radical (unpaired) electrons. The van der Waals surface area contributed by atoms with Crippen molar-refractivity contribution in [2.24, 2.45) is 0 Å². The molecular formula is C26H31F3N6O. The maximum Gasteiger partial charge on any atom is 0.416 e. The number of hydrogen-bond donors (Lipinski definition) is 3. The largest absolute Gasteiger partial charge is 0.416 e. The number of hydrogen-bond acceptors (Lipinski definition) is 7. The number of aromatic nitrogens is 2. The van der Waals surface area contributed by atoms with E-state index in [1.54, 1.807) is 13.0 Å². The van der Waals surface area contributed by atoms with Crippen molar-refractivity contribution >= 4 is 28.1 Å². The van der Waals surface area contributed by atoms with E-state index in [0.717, 1.165) is 74.4 Å². The molecule has 0 saturated carbocycles. The Morgan fingerprint density at radius 3 is 2.81 bits per heavy atom. The Hall–Kier alpha value is -3.11. The molecule has 4 N–H and O–H groups in total. The van der Waals surface area contributed by atoms with Crippen molar-refractivity contribution in [2.45, 2.75) is 45.0 Å². The smallest absolute Gasteiger partial charge is 0.399 e. The molecule has 0 amide bonds. The topological polar surface area (TPSA) is 88.3 Å². The number of rotatable bonds is 6. The number of aryl methyl sites for hydroxylation is 1. The Bertz CT molecular complexity index is 1260. The maximum atomic E-state index is 13.3. The molecule has 2 atom stereocenters. The molecule has 0 aliphatic carbocycles. The molecule has 2 aliphatic rings. The van der Waals surface area contributed by atoms with Gasteiger partial charge < -0.3 is 26.0 Å². The highest BCUT2D eigenvalue weighted by atomic mass is 19.4. The summed E-state index contributed by atoms with van der Waals surface area (Å²) in [5, 5.41) is 7.53. The van der Waals surface area contributed by atoms with Gasteiger partial charge in [-0.1, -0.05) is 0 Å². The maximum absolute atomic E-state index is 13.3.